The number of aliphatic hydroxyl groups excluding tert-OH is 1. The van der Waals surface area contributed by atoms with E-state index in [0.717, 1.165) is 24.2 Å². The summed E-state index contributed by atoms with van der Waals surface area (Å²) in [6, 6.07) is 7.86. The molecule has 0 saturated carbocycles. The smallest absolute Gasteiger partial charge is 0.263 e. The fraction of sp³-hybridized carbons (Fsp3) is 0.618. The Morgan fingerprint density at radius 3 is 1.60 bits per heavy atom. The number of likely N-dealkylation sites (tertiary alicyclic amines) is 1. The van der Waals surface area contributed by atoms with Crippen molar-refractivity contribution in [3.05, 3.63) is 96.1 Å². The summed E-state index contributed by atoms with van der Waals surface area (Å²) in [5, 5.41) is 19.8. The molecule has 6 N–H and O–H groups in total. The van der Waals surface area contributed by atoms with Crippen LogP contribution in [0.2, 0.25) is 0 Å². The van der Waals surface area contributed by atoms with Gasteiger partial charge in [0.05, 0.1) is 6.10 Å². The van der Waals surface area contributed by atoms with E-state index in [0.29, 0.717) is 43.5 Å². The number of allylic oxidation sites excluding steroid dienone is 4. The molecule has 0 spiro atoms. The summed E-state index contributed by atoms with van der Waals surface area (Å²) in [4.78, 5) is 156. The maximum Gasteiger partial charge on any atom is 0.263 e. The van der Waals surface area contributed by atoms with Crippen molar-refractivity contribution in [2.75, 3.05) is 55.4 Å². The number of hydrogen-bond acceptors (Lipinski definition) is 12. The fourth-order valence-electron chi connectivity index (χ4n) is 11.4. The molecule has 2 aromatic carbocycles. The van der Waals surface area contributed by atoms with E-state index in [1.54, 1.807) is 97.6 Å². The van der Waals surface area contributed by atoms with E-state index in [9.17, 15) is 33.9 Å². The number of aliphatic hydroxyl groups is 1. The number of benzene rings is 2. The number of nitrogens with two attached hydrogens (primary N) is 1. The predicted molar refractivity (Wildman–Crippen MR) is 347 cm³/mol. The van der Waals surface area contributed by atoms with Gasteiger partial charge in [-0.2, -0.15) is 0 Å². The highest BCUT2D eigenvalue weighted by molar-refractivity contribution is 5.99. The molecule has 0 aliphatic carbocycles. The Bertz CT molecular complexity index is 2810. The Morgan fingerprint density at radius 2 is 1.07 bits per heavy atom. The third kappa shape index (κ3) is 20.3. The Kier molecular flexibility index (Phi) is 29.4. The minimum absolute atomic E-state index is 0.0386. The molecule has 0 radical (unpaired) electrons. The van der Waals surface area contributed by atoms with Crippen molar-refractivity contribution in [2.24, 2.45) is 23.5 Å². The average molecular weight is 1250 g/mol. The van der Waals surface area contributed by atoms with E-state index in [1.165, 1.54) is 87.6 Å². The molecule has 11 atom stereocenters. The zero-order valence-corrected chi connectivity index (χ0v) is 56.1. The molecule has 2 aliphatic heterocycles. The normalized spacial score (nSPS) is 26.5. The van der Waals surface area contributed by atoms with Gasteiger partial charge in [0, 0.05) is 80.6 Å². The highest BCUT2D eigenvalue weighted by atomic mass is 16.3. The lowest BCUT2D eigenvalue weighted by Crippen LogP contribution is -2.71. The van der Waals surface area contributed by atoms with Crippen LogP contribution in [0.25, 0.3) is 0 Å². The van der Waals surface area contributed by atoms with Crippen LogP contribution in [0.15, 0.2) is 85.0 Å². The molecule has 0 aromatic heterocycles. The first-order chi connectivity index (χ1) is 42.4. The fourth-order valence-corrected chi connectivity index (χ4v) is 11.4. The van der Waals surface area contributed by atoms with Crippen molar-refractivity contribution >= 4 is 59.1 Å². The SMILES string of the molecule is CC[C@H](C)[C@]1(N)NC(=O)[C@H](C)N(C)C(=O)CCC=CC=CCC[C@@H](C(=O)N2CCCCC2)NC(=O)[C@H](CC(C)C)N(C)C(=O)[C@H](C)N(C)C(=O)[C@H](C(C)O)NC(=O)[C@H](Cc2ccccc2)N(C)C(=O)[C@H](Cc2ccccc2)N(C)C(=O)[C@H](CC(C)C)N(C)C1=O. The van der Waals surface area contributed by atoms with Gasteiger partial charge in [0.25, 0.3) is 5.91 Å². The van der Waals surface area contributed by atoms with Gasteiger partial charge >= 0.3 is 0 Å². The van der Waals surface area contributed by atoms with Crippen molar-refractivity contribution in [2.45, 2.75) is 199 Å². The number of nitrogens with one attached hydrogen (secondary N) is 3. The second-order valence-corrected chi connectivity index (χ2v) is 25.6. The number of hydrogen-bond donors (Lipinski definition) is 5. The number of carbonyl (C=O) groups is 10. The first-order valence-electron chi connectivity index (χ1n) is 32.1. The number of rotatable bonds is 12. The minimum Gasteiger partial charge on any atom is -0.391 e. The zero-order chi connectivity index (χ0) is 67.3. The Morgan fingerprint density at radius 1 is 0.578 bits per heavy atom. The van der Waals surface area contributed by atoms with E-state index in [4.69, 9.17) is 5.73 Å². The van der Waals surface area contributed by atoms with Crippen LogP contribution in [0.3, 0.4) is 0 Å². The molecule has 22 nitrogen and oxygen atoms in total. The van der Waals surface area contributed by atoms with Crippen molar-refractivity contribution < 1.29 is 53.1 Å². The lowest BCUT2D eigenvalue weighted by atomic mass is 9.89. The van der Waals surface area contributed by atoms with Crippen LogP contribution in [-0.2, 0) is 60.8 Å². The second kappa shape index (κ2) is 35.2. The molecule has 90 heavy (non-hydrogen) atoms. The summed E-state index contributed by atoms with van der Waals surface area (Å²) in [7, 11) is 8.60. The van der Waals surface area contributed by atoms with Crippen LogP contribution in [-0.4, -0.2) is 214 Å². The van der Waals surface area contributed by atoms with Gasteiger partial charge in [0.2, 0.25) is 53.2 Å². The summed E-state index contributed by atoms with van der Waals surface area (Å²) in [5.74, 6) is -7.25. The quantitative estimate of drug-likeness (QED) is 0.198. The van der Waals surface area contributed by atoms with Crippen molar-refractivity contribution in [3.8, 4) is 0 Å². The van der Waals surface area contributed by atoms with Crippen LogP contribution in [0.5, 0.6) is 0 Å². The van der Waals surface area contributed by atoms with Gasteiger partial charge in [-0.15, -0.1) is 0 Å². The van der Waals surface area contributed by atoms with Gasteiger partial charge in [-0.1, -0.05) is 127 Å². The first kappa shape index (κ1) is 75.0. The molecular formula is C68H105N11O11. The van der Waals surface area contributed by atoms with Gasteiger partial charge < -0.3 is 61.1 Å². The monoisotopic (exact) mass is 1250 g/mol. The van der Waals surface area contributed by atoms with Gasteiger partial charge in [0.15, 0.2) is 5.66 Å². The molecule has 1 unspecified atom stereocenters. The van der Waals surface area contributed by atoms with Gasteiger partial charge in [-0.3, -0.25) is 47.9 Å². The molecule has 2 aromatic rings. The van der Waals surface area contributed by atoms with E-state index in [-0.39, 0.29) is 62.2 Å². The highest BCUT2D eigenvalue weighted by Gasteiger charge is 2.48. The Labute approximate surface area is 534 Å². The third-order valence-corrected chi connectivity index (χ3v) is 17.9. The van der Waals surface area contributed by atoms with Gasteiger partial charge in [0.1, 0.15) is 48.3 Å². The van der Waals surface area contributed by atoms with E-state index < -0.39 is 113 Å². The average Bonchev–Trinajstić information content (AvgIpc) is 0.931. The maximum atomic E-state index is 15.5. The number of likely N-dealkylation sites (N-methyl/N-ethyl adjacent to an activating group) is 6. The maximum absolute atomic E-state index is 15.5. The molecule has 1 fully saturated rings. The summed E-state index contributed by atoms with van der Waals surface area (Å²) in [6.45, 7) is 16.5. The molecule has 22 heteroatoms. The molecule has 498 valence electrons. The predicted octanol–water partition coefficient (Wildman–Crippen LogP) is 4.43. The van der Waals surface area contributed by atoms with Crippen molar-refractivity contribution in [1.82, 2.24) is 50.2 Å². The molecule has 2 heterocycles. The first-order valence-corrected chi connectivity index (χ1v) is 32.1. The summed E-state index contributed by atoms with van der Waals surface area (Å²) in [5.41, 5.74) is 6.26. The van der Waals surface area contributed by atoms with Crippen LogP contribution >= 0.6 is 0 Å². The number of nitrogens with zero attached hydrogens (tertiary/aromatic N) is 7. The number of piperidine rings is 1. The molecule has 2 aliphatic rings. The van der Waals surface area contributed by atoms with Gasteiger partial charge in [-0.05, 0) is 102 Å². The molecule has 0 bridgehead atoms. The summed E-state index contributed by atoms with van der Waals surface area (Å²) >= 11 is 0. The minimum atomic E-state index is -2.08. The molecule has 10 amide bonds. The number of amides is 10. The van der Waals surface area contributed by atoms with E-state index in [2.05, 4.69) is 16.0 Å². The van der Waals surface area contributed by atoms with Crippen LogP contribution in [0, 0.1) is 17.8 Å². The van der Waals surface area contributed by atoms with Crippen LogP contribution in [0.1, 0.15) is 138 Å². The summed E-state index contributed by atoms with van der Waals surface area (Å²) in [6.07, 6.45) is 9.77. The van der Waals surface area contributed by atoms with Crippen LogP contribution < -0.4 is 21.7 Å². The summed E-state index contributed by atoms with van der Waals surface area (Å²) < 4.78 is 0. The van der Waals surface area contributed by atoms with Crippen molar-refractivity contribution in [3.63, 3.8) is 0 Å². The molecule has 4 rings (SSSR count). The molecular weight excluding hydrogens is 1150 g/mol. The Balaban J connectivity index is 1.88. The standard InChI is InChI=1S/C68H105N11O11/c1-16-46(6)68(69)67(90)78(15)55(41-45(4)5)64(87)77(14)56(43-51-34-26-22-27-35-51)65(88)76(13)54(42-50-32-24-21-25-33-50)61(84)71-58(49(9)80)66(89)74(11)48(8)62(85)75(12)53(40-44(2)3)60(83)70-52(63(86)79-38-30-23-31-39-79)36-28-19-17-18-20-29-37-57(81)73(10)47(7)59(82)72-68/h17-22,24-27,32-35,44-49,52-56,58,80H,16,23,28-31,36-43,69H2,1-15H3,(H,70,83)(H,71,84)(H,72,82)/t46-,47-,48-,49?,52-,53-,54-,55-,56-,58-,68-/m0/s1. The lowest BCUT2D eigenvalue weighted by Gasteiger charge is -2.42. The lowest BCUT2D eigenvalue weighted by molar-refractivity contribution is -0.155. The third-order valence-electron chi connectivity index (χ3n) is 17.9. The largest absolute Gasteiger partial charge is 0.391 e. The van der Waals surface area contributed by atoms with Crippen LogP contribution in [0.4, 0.5) is 0 Å². The Hall–Kier alpha value is -7.46. The van der Waals surface area contributed by atoms with Crippen molar-refractivity contribution in [1.29, 1.82) is 0 Å². The number of carbonyl (C=O) groups excluding carboxylic acids is 10. The van der Waals surface area contributed by atoms with E-state index >= 15 is 19.2 Å². The molecule has 1 saturated heterocycles. The second-order valence-electron chi connectivity index (χ2n) is 25.6. The zero-order valence-electron chi connectivity index (χ0n) is 56.1. The van der Waals surface area contributed by atoms with Gasteiger partial charge in [-0.25, -0.2) is 0 Å². The van der Waals surface area contributed by atoms with E-state index in [1.807, 2.05) is 33.8 Å². The topological polar surface area (TPSA) is 276 Å². The highest BCUT2D eigenvalue weighted by Crippen LogP contribution is 2.26.